The van der Waals surface area contributed by atoms with Crippen molar-refractivity contribution in [2.45, 2.75) is 26.3 Å². The molecule has 7 nitrogen and oxygen atoms in total. The number of guanidine groups is 1. The zero-order valence-corrected chi connectivity index (χ0v) is 15.3. The maximum Gasteiger partial charge on any atom is 0.310 e. The lowest BCUT2D eigenvalue weighted by Crippen LogP contribution is -2.41. The summed E-state index contributed by atoms with van der Waals surface area (Å²) < 4.78 is 6.60. The van der Waals surface area contributed by atoms with Gasteiger partial charge in [0, 0.05) is 45.5 Å². The maximum absolute atomic E-state index is 11.8. The summed E-state index contributed by atoms with van der Waals surface area (Å²) >= 11 is 0. The number of nitrogens with one attached hydrogen (secondary N) is 1. The first-order valence-electron chi connectivity index (χ1n) is 8.75. The second-order valence-corrected chi connectivity index (χ2v) is 6.43. The summed E-state index contributed by atoms with van der Waals surface area (Å²) in [7, 11) is 3.19. The van der Waals surface area contributed by atoms with Crippen LogP contribution in [0.25, 0.3) is 0 Å². The van der Waals surface area contributed by atoms with Crippen molar-refractivity contribution >= 4 is 11.9 Å². The molecule has 1 aromatic rings. The number of ether oxygens (including phenoxy) is 1. The van der Waals surface area contributed by atoms with E-state index in [-0.39, 0.29) is 23.4 Å². The molecule has 0 spiro atoms. The van der Waals surface area contributed by atoms with Gasteiger partial charge in [0.2, 0.25) is 5.56 Å². The van der Waals surface area contributed by atoms with E-state index in [4.69, 9.17) is 4.74 Å². The molecular formula is C18H28N4O3. The molecule has 2 rings (SSSR count). The van der Waals surface area contributed by atoms with E-state index < -0.39 is 0 Å². The zero-order valence-electron chi connectivity index (χ0n) is 15.3. The minimum Gasteiger partial charge on any atom is -0.469 e. The van der Waals surface area contributed by atoms with Gasteiger partial charge in [-0.05, 0) is 24.8 Å². The number of esters is 1. The Kier molecular flexibility index (Phi) is 7.03. The van der Waals surface area contributed by atoms with E-state index in [0.717, 1.165) is 31.9 Å². The smallest absolute Gasteiger partial charge is 0.310 e. The Morgan fingerprint density at radius 1 is 1.36 bits per heavy atom. The molecular weight excluding hydrogens is 320 g/mol. The molecule has 0 amide bonds. The molecule has 0 aliphatic carbocycles. The summed E-state index contributed by atoms with van der Waals surface area (Å²) in [6.07, 6.45) is 3.66. The van der Waals surface area contributed by atoms with E-state index in [1.54, 1.807) is 23.7 Å². The number of aromatic nitrogens is 1. The number of hydrogen-bond acceptors (Lipinski definition) is 4. The molecule has 1 saturated heterocycles. The van der Waals surface area contributed by atoms with Gasteiger partial charge in [0.25, 0.3) is 0 Å². The number of carbonyl (C=O) groups excluding carboxylic acids is 1. The third-order valence-corrected chi connectivity index (χ3v) is 4.64. The second kappa shape index (κ2) is 9.25. The van der Waals surface area contributed by atoms with Crippen molar-refractivity contribution in [1.29, 1.82) is 0 Å². The fourth-order valence-corrected chi connectivity index (χ4v) is 3.18. The Morgan fingerprint density at radius 3 is 2.84 bits per heavy atom. The van der Waals surface area contributed by atoms with Gasteiger partial charge in [0.15, 0.2) is 5.96 Å². The van der Waals surface area contributed by atoms with Gasteiger partial charge in [-0.3, -0.25) is 14.6 Å². The highest BCUT2D eigenvalue weighted by atomic mass is 16.5. The van der Waals surface area contributed by atoms with Crippen LogP contribution in [0.4, 0.5) is 0 Å². The highest BCUT2D eigenvalue weighted by Crippen LogP contribution is 2.23. The van der Waals surface area contributed by atoms with Gasteiger partial charge in [-0.2, -0.15) is 0 Å². The number of likely N-dealkylation sites (tertiary alicyclic amines) is 1. The van der Waals surface area contributed by atoms with E-state index >= 15 is 0 Å². The number of hydrogen-bond donors (Lipinski definition) is 1. The van der Waals surface area contributed by atoms with E-state index in [1.807, 2.05) is 12.3 Å². The van der Waals surface area contributed by atoms with Crippen molar-refractivity contribution < 1.29 is 9.53 Å². The largest absolute Gasteiger partial charge is 0.469 e. The molecule has 138 valence electrons. The third kappa shape index (κ3) is 5.08. The van der Waals surface area contributed by atoms with Gasteiger partial charge in [0.05, 0.1) is 13.0 Å². The van der Waals surface area contributed by atoms with Crippen LogP contribution in [0.2, 0.25) is 0 Å². The summed E-state index contributed by atoms with van der Waals surface area (Å²) in [5.41, 5.74) is 0.0335. The lowest BCUT2D eigenvalue weighted by molar-refractivity contribution is -0.145. The molecule has 2 unspecified atom stereocenters. The molecule has 1 aliphatic heterocycles. The molecule has 25 heavy (non-hydrogen) atoms. The Balaban J connectivity index is 1.75. The van der Waals surface area contributed by atoms with Crippen LogP contribution >= 0.6 is 0 Å². The molecule has 0 aromatic carbocycles. The summed E-state index contributed by atoms with van der Waals surface area (Å²) in [6.45, 7) is 4.98. The quantitative estimate of drug-likeness (QED) is 0.358. The van der Waals surface area contributed by atoms with Gasteiger partial charge in [-0.1, -0.05) is 13.0 Å². The average molecular weight is 348 g/mol. The van der Waals surface area contributed by atoms with E-state index in [9.17, 15) is 9.59 Å². The summed E-state index contributed by atoms with van der Waals surface area (Å²) in [5, 5.41) is 3.35. The number of carbonyl (C=O) groups is 1. The van der Waals surface area contributed by atoms with Crippen molar-refractivity contribution in [3.8, 4) is 0 Å². The van der Waals surface area contributed by atoms with E-state index in [0.29, 0.717) is 13.1 Å². The minimum atomic E-state index is -0.154. The lowest BCUT2D eigenvalue weighted by Gasteiger charge is -2.21. The molecule has 2 atom stereocenters. The number of aliphatic imine (C=N–C) groups is 1. The number of pyridine rings is 1. The van der Waals surface area contributed by atoms with Crippen molar-refractivity contribution in [3.63, 3.8) is 0 Å². The minimum absolute atomic E-state index is 0.0335. The van der Waals surface area contributed by atoms with E-state index in [2.05, 4.69) is 22.1 Å². The fraction of sp³-hybridized carbons (Fsp3) is 0.611. The SMILES string of the molecule is CN=C(NCCCCn1ccccc1=O)N1CC(C)C(C(=O)OC)C1. The zero-order chi connectivity index (χ0) is 18.2. The average Bonchev–Trinajstić information content (AvgIpc) is 3.00. The third-order valence-electron chi connectivity index (χ3n) is 4.64. The first-order chi connectivity index (χ1) is 12.1. The molecule has 1 aromatic heterocycles. The van der Waals surface area contributed by atoms with Gasteiger partial charge in [0.1, 0.15) is 0 Å². The van der Waals surface area contributed by atoms with Gasteiger partial charge in [-0.25, -0.2) is 0 Å². The van der Waals surface area contributed by atoms with Crippen LogP contribution in [-0.2, 0) is 16.1 Å². The molecule has 0 bridgehead atoms. The van der Waals surface area contributed by atoms with Crippen LogP contribution in [0.15, 0.2) is 34.2 Å². The monoisotopic (exact) mass is 348 g/mol. The first-order valence-corrected chi connectivity index (χ1v) is 8.75. The number of aryl methyl sites for hydroxylation is 1. The molecule has 1 fully saturated rings. The van der Waals surface area contributed by atoms with Crippen LogP contribution in [0.3, 0.4) is 0 Å². The molecule has 2 heterocycles. The predicted octanol–water partition coefficient (Wildman–Crippen LogP) is 0.945. The number of unbranched alkanes of at least 4 members (excludes halogenated alkanes) is 1. The molecule has 7 heteroatoms. The van der Waals surface area contributed by atoms with Crippen molar-refractivity contribution in [1.82, 2.24) is 14.8 Å². The van der Waals surface area contributed by atoms with Crippen LogP contribution in [0, 0.1) is 11.8 Å². The predicted molar refractivity (Wildman–Crippen MR) is 97.5 cm³/mol. The molecule has 1 aliphatic rings. The number of nitrogens with zero attached hydrogens (tertiary/aromatic N) is 3. The van der Waals surface area contributed by atoms with Gasteiger partial charge in [-0.15, -0.1) is 0 Å². The van der Waals surface area contributed by atoms with Crippen molar-refractivity contribution in [2.24, 2.45) is 16.8 Å². The van der Waals surface area contributed by atoms with E-state index in [1.165, 1.54) is 7.11 Å². The molecule has 1 N–H and O–H groups in total. The van der Waals surface area contributed by atoms with Crippen LogP contribution < -0.4 is 10.9 Å². The molecule has 0 saturated carbocycles. The Hall–Kier alpha value is -2.31. The first kappa shape index (κ1) is 19.0. The summed E-state index contributed by atoms with van der Waals surface area (Å²) in [5.74, 6) is 0.804. The Labute approximate surface area is 148 Å². The maximum atomic E-state index is 11.8. The van der Waals surface area contributed by atoms with Crippen LogP contribution in [-0.4, -0.2) is 55.2 Å². The summed E-state index contributed by atoms with van der Waals surface area (Å²) in [6, 6.07) is 5.20. The Morgan fingerprint density at radius 2 is 2.16 bits per heavy atom. The van der Waals surface area contributed by atoms with Crippen molar-refractivity contribution in [2.75, 3.05) is 33.8 Å². The number of rotatable bonds is 6. The van der Waals surface area contributed by atoms with Crippen LogP contribution in [0.5, 0.6) is 0 Å². The second-order valence-electron chi connectivity index (χ2n) is 6.43. The van der Waals surface area contributed by atoms with Crippen LogP contribution in [0.1, 0.15) is 19.8 Å². The topological polar surface area (TPSA) is 75.9 Å². The molecule has 0 radical (unpaired) electrons. The number of methoxy groups -OCH3 is 1. The summed E-state index contributed by atoms with van der Waals surface area (Å²) in [4.78, 5) is 29.9. The Bertz CT molecular complexity index is 656. The van der Waals surface area contributed by atoms with Crippen molar-refractivity contribution in [3.05, 3.63) is 34.7 Å². The lowest BCUT2D eigenvalue weighted by atomic mass is 9.99. The van der Waals surface area contributed by atoms with Gasteiger partial charge >= 0.3 is 5.97 Å². The highest BCUT2D eigenvalue weighted by Gasteiger charge is 2.36. The standard InChI is InChI=1S/C18H28N4O3/c1-14-12-22(13-15(14)17(24)25-3)18(19-2)20-9-5-7-11-21-10-6-4-8-16(21)23/h4,6,8,10,14-15H,5,7,9,11-13H2,1-3H3,(H,19,20). The van der Waals surface area contributed by atoms with Gasteiger partial charge < -0.3 is 19.5 Å². The fourth-order valence-electron chi connectivity index (χ4n) is 3.18. The normalized spacial score (nSPS) is 20.6. The highest BCUT2D eigenvalue weighted by molar-refractivity contribution is 5.82.